The predicted molar refractivity (Wildman–Crippen MR) is 86.5 cm³/mol. The number of nitrogens with one attached hydrogen (secondary N) is 2. The molecule has 1 aromatic carbocycles. The highest BCUT2D eigenvalue weighted by Gasteiger charge is 2.22. The number of anilines is 3. The largest absolute Gasteiger partial charge is 0.364 e. The number of nitrogens with zero attached hydrogens (tertiary/aromatic N) is 3. The van der Waals surface area contributed by atoms with Crippen LogP contribution in [0.3, 0.4) is 0 Å². The summed E-state index contributed by atoms with van der Waals surface area (Å²) in [4.78, 5) is 18.9. The second kappa shape index (κ2) is 7.35. The summed E-state index contributed by atoms with van der Waals surface area (Å²) in [7, 11) is 0. The topological polar surface area (TPSA) is 93.0 Å². The van der Waals surface area contributed by atoms with Gasteiger partial charge in [-0.15, -0.1) is 0 Å². The van der Waals surface area contributed by atoms with Gasteiger partial charge in [-0.1, -0.05) is 25.5 Å². The zero-order chi connectivity index (χ0) is 15.9. The van der Waals surface area contributed by atoms with Crippen LogP contribution in [0, 0.1) is 17.0 Å². The molecule has 0 bridgehead atoms. The van der Waals surface area contributed by atoms with Crippen LogP contribution in [0.2, 0.25) is 0 Å². The first-order valence-corrected chi connectivity index (χ1v) is 7.18. The monoisotopic (exact) mass is 301 g/mol. The molecule has 0 aliphatic rings. The van der Waals surface area contributed by atoms with Crippen LogP contribution in [0.25, 0.3) is 0 Å². The third-order valence-electron chi connectivity index (χ3n) is 3.11. The van der Waals surface area contributed by atoms with Crippen molar-refractivity contribution in [2.24, 2.45) is 0 Å². The van der Waals surface area contributed by atoms with E-state index in [0.717, 1.165) is 24.1 Å². The molecule has 116 valence electrons. The Bertz CT molecular complexity index is 660. The summed E-state index contributed by atoms with van der Waals surface area (Å²) in [5, 5.41) is 17.4. The number of nitro groups is 1. The van der Waals surface area contributed by atoms with Gasteiger partial charge in [0, 0.05) is 12.2 Å². The van der Waals surface area contributed by atoms with Gasteiger partial charge in [0.05, 0.1) is 4.92 Å². The van der Waals surface area contributed by atoms with E-state index in [1.807, 2.05) is 31.2 Å². The van der Waals surface area contributed by atoms with Crippen molar-refractivity contribution in [1.82, 2.24) is 9.97 Å². The molecule has 0 saturated heterocycles. The van der Waals surface area contributed by atoms with Crippen LogP contribution in [0.15, 0.2) is 30.6 Å². The first kappa shape index (κ1) is 15.7. The molecule has 7 heteroatoms. The van der Waals surface area contributed by atoms with Crippen molar-refractivity contribution in [1.29, 1.82) is 0 Å². The molecule has 1 aromatic heterocycles. The Balaban J connectivity index is 2.30. The molecule has 0 unspecified atom stereocenters. The molecule has 0 aliphatic carbocycles. The quantitative estimate of drug-likeness (QED) is 0.460. The first-order valence-electron chi connectivity index (χ1n) is 7.18. The van der Waals surface area contributed by atoms with Crippen LogP contribution in [0.1, 0.15) is 25.3 Å². The smallest absolute Gasteiger partial charge is 0.353 e. The average molecular weight is 301 g/mol. The van der Waals surface area contributed by atoms with E-state index < -0.39 is 4.92 Å². The van der Waals surface area contributed by atoms with E-state index in [4.69, 9.17) is 0 Å². The lowest BCUT2D eigenvalue weighted by Gasteiger charge is -2.10. The molecule has 1 heterocycles. The molecule has 0 spiro atoms. The fourth-order valence-corrected chi connectivity index (χ4v) is 2.02. The summed E-state index contributed by atoms with van der Waals surface area (Å²) in [6.45, 7) is 4.65. The Hall–Kier alpha value is -2.70. The second-order valence-corrected chi connectivity index (χ2v) is 4.95. The van der Waals surface area contributed by atoms with E-state index >= 15 is 0 Å². The number of aromatic nitrogens is 2. The molecule has 0 saturated carbocycles. The van der Waals surface area contributed by atoms with Crippen molar-refractivity contribution in [3.8, 4) is 0 Å². The minimum Gasteiger partial charge on any atom is -0.364 e. The predicted octanol–water partition coefficient (Wildman–Crippen LogP) is 3.65. The Morgan fingerprint density at radius 2 is 2.05 bits per heavy atom. The van der Waals surface area contributed by atoms with Gasteiger partial charge < -0.3 is 10.6 Å². The molecule has 0 aliphatic heterocycles. The lowest BCUT2D eigenvalue weighted by Crippen LogP contribution is -2.09. The molecular weight excluding hydrogens is 282 g/mol. The van der Waals surface area contributed by atoms with E-state index in [9.17, 15) is 10.1 Å². The zero-order valence-electron chi connectivity index (χ0n) is 12.7. The molecule has 22 heavy (non-hydrogen) atoms. The van der Waals surface area contributed by atoms with Crippen LogP contribution >= 0.6 is 0 Å². The van der Waals surface area contributed by atoms with Gasteiger partial charge in [0.25, 0.3) is 0 Å². The van der Waals surface area contributed by atoms with Crippen molar-refractivity contribution in [3.63, 3.8) is 0 Å². The number of hydrogen-bond acceptors (Lipinski definition) is 6. The SMILES string of the molecule is CCCCNc1ncnc(Nc2cccc(C)c2)c1[N+](=O)[O-]. The highest BCUT2D eigenvalue weighted by Crippen LogP contribution is 2.31. The number of hydrogen-bond donors (Lipinski definition) is 2. The average Bonchev–Trinajstić information content (AvgIpc) is 2.47. The van der Waals surface area contributed by atoms with Gasteiger partial charge in [-0.2, -0.15) is 0 Å². The Kier molecular flexibility index (Phi) is 5.24. The van der Waals surface area contributed by atoms with E-state index in [-0.39, 0.29) is 17.3 Å². The summed E-state index contributed by atoms with van der Waals surface area (Å²) in [6.07, 6.45) is 3.24. The number of rotatable bonds is 7. The van der Waals surface area contributed by atoms with Crippen LogP contribution in [0.5, 0.6) is 0 Å². The van der Waals surface area contributed by atoms with Crippen LogP contribution in [-0.2, 0) is 0 Å². The van der Waals surface area contributed by atoms with Crippen LogP contribution in [0.4, 0.5) is 23.0 Å². The van der Waals surface area contributed by atoms with E-state index in [0.29, 0.717) is 6.54 Å². The van der Waals surface area contributed by atoms with Crippen molar-refractivity contribution in [2.75, 3.05) is 17.2 Å². The highest BCUT2D eigenvalue weighted by molar-refractivity contribution is 5.73. The fourth-order valence-electron chi connectivity index (χ4n) is 2.02. The molecule has 0 fully saturated rings. The van der Waals surface area contributed by atoms with Gasteiger partial charge >= 0.3 is 5.69 Å². The minimum absolute atomic E-state index is 0.139. The molecule has 0 radical (unpaired) electrons. The molecule has 2 rings (SSSR count). The Morgan fingerprint density at radius 3 is 2.73 bits per heavy atom. The third kappa shape index (κ3) is 3.91. The minimum atomic E-state index is -0.466. The van der Waals surface area contributed by atoms with E-state index in [2.05, 4.69) is 27.5 Å². The fraction of sp³-hybridized carbons (Fsp3) is 0.333. The maximum atomic E-state index is 11.4. The molecule has 2 N–H and O–H groups in total. The van der Waals surface area contributed by atoms with Crippen molar-refractivity contribution in [2.45, 2.75) is 26.7 Å². The summed E-state index contributed by atoms with van der Waals surface area (Å²) >= 11 is 0. The lowest BCUT2D eigenvalue weighted by atomic mass is 10.2. The third-order valence-corrected chi connectivity index (χ3v) is 3.11. The molecule has 0 atom stereocenters. The number of benzene rings is 1. The molecule has 7 nitrogen and oxygen atoms in total. The molecule has 0 amide bonds. The molecule has 2 aromatic rings. The van der Waals surface area contributed by atoms with Gasteiger partial charge in [-0.3, -0.25) is 10.1 Å². The van der Waals surface area contributed by atoms with E-state index in [1.54, 1.807) is 0 Å². The van der Waals surface area contributed by atoms with Crippen molar-refractivity contribution in [3.05, 3.63) is 46.3 Å². The van der Waals surface area contributed by atoms with Crippen molar-refractivity contribution >= 4 is 23.0 Å². The normalized spacial score (nSPS) is 10.3. The van der Waals surface area contributed by atoms with Gasteiger partial charge in [-0.25, -0.2) is 9.97 Å². The van der Waals surface area contributed by atoms with Gasteiger partial charge in [0.2, 0.25) is 11.6 Å². The maximum Gasteiger partial charge on any atom is 0.353 e. The first-order chi connectivity index (χ1) is 10.6. The molecular formula is C15H19N5O2. The Labute approximate surface area is 129 Å². The number of aryl methyl sites for hydroxylation is 1. The lowest BCUT2D eigenvalue weighted by molar-refractivity contribution is -0.383. The van der Waals surface area contributed by atoms with Crippen LogP contribution < -0.4 is 10.6 Å². The maximum absolute atomic E-state index is 11.4. The summed E-state index contributed by atoms with van der Waals surface area (Å²) in [6, 6.07) is 7.57. The van der Waals surface area contributed by atoms with Gasteiger partial charge in [0.1, 0.15) is 6.33 Å². The van der Waals surface area contributed by atoms with Crippen LogP contribution in [-0.4, -0.2) is 21.4 Å². The number of unbranched alkanes of at least 4 members (excludes halogenated alkanes) is 1. The zero-order valence-corrected chi connectivity index (χ0v) is 12.7. The highest BCUT2D eigenvalue weighted by atomic mass is 16.6. The standard InChI is InChI=1S/C15H19N5O2/c1-3-4-8-16-14-13(20(21)22)15(18-10-17-14)19-12-7-5-6-11(2)9-12/h5-7,9-10H,3-4,8H2,1-2H3,(H2,16,17,18,19). The van der Waals surface area contributed by atoms with Gasteiger partial charge in [0.15, 0.2) is 0 Å². The second-order valence-electron chi connectivity index (χ2n) is 4.95. The summed E-state index contributed by atoms with van der Waals surface area (Å²) in [5.74, 6) is 0.424. The summed E-state index contributed by atoms with van der Waals surface area (Å²) < 4.78 is 0. The van der Waals surface area contributed by atoms with E-state index in [1.165, 1.54) is 6.33 Å². The van der Waals surface area contributed by atoms with Crippen molar-refractivity contribution < 1.29 is 4.92 Å². The summed E-state index contributed by atoms with van der Waals surface area (Å²) in [5.41, 5.74) is 1.67. The van der Waals surface area contributed by atoms with Gasteiger partial charge in [-0.05, 0) is 31.0 Å². The Morgan fingerprint density at radius 1 is 1.27 bits per heavy atom.